The fourth-order valence-electron chi connectivity index (χ4n) is 2.21. The monoisotopic (exact) mass is 263 g/mol. The predicted molar refractivity (Wildman–Crippen MR) is 75.3 cm³/mol. The van der Waals surface area contributed by atoms with E-state index in [1.54, 1.807) is 0 Å². The summed E-state index contributed by atoms with van der Waals surface area (Å²) in [4.78, 5) is 0. The average molecular weight is 263 g/mol. The van der Waals surface area contributed by atoms with Crippen molar-refractivity contribution >= 4 is 11.0 Å². The molecule has 1 unspecified atom stereocenters. The second-order valence-corrected chi connectivity index (χ2v) is 4.60. The van der Waals surface area contributed by atoms with Crippen molar-refractivity contribution in [2.24, 2.45) is 0 Å². The Morgan fingerprint density at radius 2 is 2.11 bits per heavy atom. The number of aryl methyl sites for hydroxylation is 1. The van der Waals surface area contributed by atoms with Gasteiger partial charge in [0.05, 0.1) is 25.9 Å². The highest BCUT2D eigenvalue weighted by atomic mass is 16.5. The first kappa shape index (κ1) is 14.1. The zero-order chi connectivity index (χ0) is 13.7. The number of benzene rings is 1. The molecule has 19 heavy (non-hydrogen) atoms. The summed E-state index contributed by atoms with van der Waals surface area (Å²) in [5, 5.41) is 13.1. The number of aliphatic hydroxyl groups is 1. The van der Waals surface area contributed by atoms with Crippen molar-refractivity contribution in [1.82, 2.24) is 5.32 Å². The van der Waals surface area contributed by atoms with E-state index in [2.05, 4.69) is 25.2 Å². The quantitative estimate of drug-likeness (QED) is 0.753. The molecule has 0 fully saturated rings. The Balaban J connectivity index is 1.97. The van der Waals surface area contributed by atoms with E-state index in [0.717, 1.165) is 17.9 Å². The number of hydrogen-bond donors (Lipinski definition) is 2. The topological polar surface area (TPSA) is 54.6 Å². The number of ether oxygens (including phenoxy) is 1. The minimum absolute atomic E-state index is 0.0677. The number of fused-ring (bicyclic) bond motifs is 1. The summed E-state index contributed by atoms with van der Waals surface area (Å²) in [6, 6.07) is 8.22. The normalized spacial score (nSPS) is 13.0. The van der Waals surface area contributed by atoms with Crippen LogP contribution >= 0.6 is 0 Å². The lowest BCUT2D eigenvalue weighted by atomic mass is 10.1. The molecule has 2 rings (SSSR count). The van der Waals surface area contributed by atoms with E-state index < -0.39 is 0 Å². The first-order chi connectivity index (χ1) is 9.24. The lowest BCUT2D eigenvalue weighted by molar-refractivity contribution is 0.0925. The summed E-state index contributed by atoms with van der Waals surface area (Å²) >= 11 is 0. The summed E-state index contributed by atoms with van der Waals surface area (Å²) < 4.78 is 11.1. The Labute approximate surface area is 113 Å². The molecule has 1 aromatic heterocycles. The zero-order valence-electron chi connectivity index (χ0n) is 11.5. The number of furan rings is 1. The fourth-order valence-corrected chi connectivity index (χ4v) is 2.21. The van der Waals surface area contributed by atoms with Gasteiger partial charge in [0.2, 0.25) is 0 Å². The van der Waals surface area contributed by atoms with Crippen molar-refractivity contribution in [3.63, 3.8) is 0 Å². The molecular formula is C15H21NO3. The number of hydrogen-bond acceptors (Lipinski definition) is 4. The molecule has 1 atom stereocenters. The average Bonchev–Trinajstić information content (AvgIpc) is 2.76. The molecule has 0 amide bonds. The van der Waals surface area contributed by atoms with Gasteiger partial charge in [-0.1, -0.05) is 18.2 Å². The van der Waals surface area contributed by atoms with Crippen LogP contribution in [0.1, 0.15) is 24.3 Å². The Morgan fingerprint density at radius 1 is 1.32 bits per heavy atom. The van der Waals surface area contributed by atoms with Gasteiger partial charge in [-0.05, 0) is 25.5 Å². The predicted octanol–water partition coefficient (Wildman–Crippen LogP) is 2.40. The van der Waals surface area contributed by atoms with Crippen LogP contribution in [0.2, 0.25) is 0 Å². The highest BCUT2D eigenvalue weighted by Gasteiger charge is 2.15. The van der Waals surface area contributed by atoms with E-state index in [4.69, 9.17) is 14.3 Å². The third-order valence-electron chi connectivity index (χ3n) is 3.21. The molecule has 2 N–H and O–H groups in total. The molecule has 1 aromatic carbocycles. The molecule has 0 aliphatic rings. The SMILES string of the molecule is Cc1c(C(C)NCCOCCO)oc2ccccc12. The molecule has 0 spiro atoms. The number of aliphatic hydroxyl groups excluding tert-OH is 1. The second-order valence-electron chi connectivity index (χ2n) is 4.60. The van der Waals surface area contributed by atoms with Crippen LogP contribution in [0, 0.1) is 6.92 Å². The largest absolute Gasteiger partial charge is 0.459 e. The van der Waals surface area contributed by atoms with Crippen molar-refractivity contribution in [2.75, 3.05) is 26.4 Å². The van der Waals surface area contributed by atoms with Crippen LogP contribution in [0.3, 0.4) is 0 Å². The van der Waals surface area contributed by atoms with Gasteiger partial charge in [0.1, 0.15) is 11.3 Å². The summed E-state index contributed by atoms with van der Waals surface area (Å²) in [5.74, 6) is 0.975. The third-order valence-corrected chi connectivity index (χ3v) is 3.21. The van der Waals surface area contributed by atoms with Crippen molar-refractivity contribution < 1.29 is 14.3 Å². The van der Waals surface area contributed by atoms with Crippen LogP contribution in [0.5, 0.6) is 0 Å². The molecular weight excluding hydrogens is 242 g/mol. The van der Waals surface area contributed by atoms with Crippen LogP contribution in [-0.2, 0) is 4.74 Å². The van der Waals surface area contributed by atoms with Gasteiger partial charge in [-0.3, -0.25) is 0 Å². The van der Waals surface area contributed by atoms with Crippen LogP contribution in [0.4, 0.5) is 0 Å². The van der Waals surface area contributed by atoms with Crippen molar-refractivity contribution in [1.29, 1.82) is 0 Å². The number of para-hydroxylation sites is 1. The molecule has 1 heterocycles. The molecule has 0 aliphatic heterocycles. The summed E-state index contributed by atoms with van der Waals surface area (Å²) in [6.07, 6.45) is 0. The Morgan fingerprint density at radius 3 is 2.84 bits per heavy atom. The van der Waals surface area contributed by atoms with Gasteiger partial charge in [0.15, 0.2) is 0 Å². The third kappa shape index (κ3) is 3.35. The van der Waals surface area contributed by atoms with Gasteiger partial charge in [-0.2, -0.15) is 0 Å². The highest BCUT2D eigenvalue weighted by molar-refractivity contribution is 5.82. The standard InChI is InChI=1S/C15H21NO3/c1-11-13-5-3-4-6-14(13)19-15(11)12(2)16-7-9-18-10-8-17/h3-6,12,16-17H,7-10H2,1-2H3. The van der Waals surface area contributed by atoms with Gasteiger partial charge in [-0.25, -0.2) is 0 Å². The molecule has 2 aromatic rings. The molecule has 0 radical (unpaired) electrons. The minimum atomic E-state index is 0.0677. The summed E-state index contributed by atoms with van der Waals surface area (Å²) in [5.41, 5.74) is 2.12. The van der Waals surface area contributed by atoms with Crippen LogP contribution in [-0.4, -0.2) is 31.5 Å². The van der Waals surface area contributed by atoms with E-state index in [1.807, 2.05) is 18.2 Å². The first-order valence-electron chi connectivity index (χ1n) is 6.64. The van der Waals surface area contributed by atoms with Crippen molar-refractivity contribution in [2.45, 2.75) is 19.9 Å². The van der Waals surface area contributed by atoms with Crippen LogP contribution in [0.25, 0.3) is 11.0 Å². The Bertz CT molecular complexity index is 521. The lowest BCUT2D eigenvalue weighted by Crippen LogP contribution is -2.23. The Kier molecular flexibility index (Phi) is 4.96. The fraction of sp³-hybridized carbons (Fsp3) is 0.467. The van der Waals surface area contributed by atoms with Gasteiger partial charge in [0.25, 0.3) is 0 Å². The molecule has 0 aliphatic carbocycles. The van der Waals surface area contributed by atoms with E-state index >= 15 is 0 Å². The van der Waals surface area contributed by atoms with Gasteiger partial charge in [0, 0.05) is 11.9 Å². The lowest BCUT2D eigenvalue weighted by Gasteiger charge is -2.12. The van der Waals surface area contributed by atoms with E-state index in [0.29, 0.717) is 13.2 Å². The van der Waals surface area contributed by atoms with Crippen LogP contribution < -0.4 is 5.32 Å². The number of rotatable bonds is 7. The Hall–Kier alpha value is -1.36. The molecule has 104 valence electrons. The maximum atomic E-state index is 8.61. The summed E-state index contributed by atoms with van der Waals surface area (Å²) in [6.45, 7) is 5.94. The van der Waals surface area contributed by atoms with Crippen molar-refractivity contribution in [3.05, 3.63) is 35.6 Å². The van der Waals surface area contributed by atoms with E-state index in [1.165, 1.54) is 10.9 Å². The molecule has 0 bridgehead atoms. The summed E-state index contributed by atoms with van der Waals surface area (Å²) in [7, 11) is 0. The molecule has 0 saturated heterocycles. The first-order valence-corrected chi connectivity index (χ1v) is 6.64. The highest BCUT2D eigenvalue weighted by Crippen LogP contribution is 2.28. The van der Waals surface area contributed by atoms with E-state index in [-0.39, 0.29) is 12.6 Å². The second kappa shape index (κ2) is 6.70. The van der Waals surface area contributed by atoms with Crippen LogP contribution in [0.15, 0.2) is 28.7 Å². The molecule has 4 heteroatoms. The number of nitrogens with one attached hydrogen (secondary N) is 1. The van der Waals surface area contributed by atoms with E-state index in [9.17, 15) is 0 Å². The minimum Gasteiger partial charge on any atom is -0.459 e. The molecule has 0 saturated carbocycles. The maximum absolute atomic E-state index is 8.61. The van der Waals surface area contributed by atoms with Gasteiger partial charge in [-0.15, -0.1) is 0 Å². The maximum Gasteiger partial charge on any atom is 0.134 e. The van der Waals surface area contributed by atoms with Gasteiger partial charge >= 0.3 is 0 Å². The van der Waals surface area contributed by atoms with Crippen molar-refractivity contribution in [3.8, 4) is 0 Å². The smallest absolute Gasteiger partial charge is 0.134 e. The zero-order valence-corrected chi connectivity index (χ0v) is 11.5. The van der Waals surface area contributed by atoms with Gasteiger partial charge < -0.3 is 19.6 Å². The molecule has 4 nitrogen and oxygen atoms in total.